The van der Waals surface area contributed by atoms with Crippen LogP contribution in [-0.4, -0.2) is 53.9 Å². The molecule has 0 aliphatic rings. The van der Waals surface area contributed by atoms with Crippen molar-refractivity contribution >= 4 is 45.1 Å². The molecule has 0 aromatic heterocycles. The van der Waals surface area contributed by atoms with E-state index in [1.807, 2.05) is 0 Å². The van der Waals surface area contributed by atoms with Gasteiger partial charge in [-0.2, -0.15) is 0 Å². The number of rotatable bonds is 8. The molecule has 148 valence electrons. The summed E-state index contributed by atoms with van der Waals surface area (Å²) in [6.45, 7) is 6.24. The van der Waals surface area contributed by atoms with Crippen LogP contribution in [0.5, 0.6) is 0 Å². The summed E-state index contributed by atoms with van der Waals surface area (Å²) in [7, 11) is -14.7. The summed E-state index contributed by atoms with van der Waals surface area (Å²) in [6.07, 6.45) is 0. The molecule has 0 radical (unpaired) electrons. The van der Waals surface area contributed by atoms with E-state index in [0.717, 1.165) is 0 Å². The van der Waals surface area contributed by atoms with E-state index in [2.05, 4.69) is 0 Å². The topological polar surface area (TPSA) is 109 Å². The molecular formula is C16H26O7Si4. The van der Waals surface area contributed by atoms with Crippen LogP contribution in [0.25, 0.3) is 0 Å². The van der Waals surface area contributed by atoms with Gasteiger partial charge in [-0.1, -0.05) is 60.7 Å². The van der Waals surface area contributed by atoms with Crippen LogP contribution in [-0.2, 0) is 12.3 Å². The van der Waals surface area contributed by atoms with Gasteiger partial charge in [-0.15, -0.1) is 0 Å². The molecule has 0 spiro atoms. The van der Waals surface area contributed by atoms with E-state index in [-0.39, 0.29) is 5.19 Å². The maximum Gasteiger partial charge on any atom is 0.522 e. The molecule has 0 saturated carbocycles. The third-order valence-corrected chi connectivity index (χ3v) is 14.9. The fourth-order valence-corrected chi connectivity index (χ4v) is 14.4. The summed E-state index contributed by atoms with van der Waals surface area (Å²) in [5, 5.41) is 0.684. The first-order valence-corrected chi connectivity index (χ1v) is 17.7. The minimum absolute atomic E-state index is 0.275. The van der Waals surface area contributed by atoms with Crippen molar-refractivity contribution in [3.63, 3.8) is 0 Å². The zero-order valence-corrected chi connectivity index (χ0v) is 19.8. The normalized spacial score (nSPS) is 15.4. The van der Waals surface area contributed by atoms with Crippen molar-refractivity contribution in [1.82, 2.24) is 0 Å². The SMILES string of the molecule is C[Si](C)(O)O[Si](O)(O[Si](C)(C)O[Si](O)(O)c1ccccc1)c1ccccc1. The van der Waals surface area contributed by atoms with Gasteiger partial charge in [-0.05, 0) is 26.2 Å². The molecule has 11 heteroatoms. The standard InChI is InChI=1S/C16H26O7Si4/c1-24(2,17)21-27(20,16-13-9-6-10-14-16)23-25(3,4)22-26(18,19)15-11-7-5-8-12-15/h5-14,17-20H,1-4H3. The van der Waals surface area contributed by atoms with Crippen molar-refractivity contribution in [1.29, 1.82) is 0 Å². The van der Waals surface area contributed by atoms with Crippen LogP contribution in [0.1, 0.15) is 0 Å². The van der Waals surface area contributed by atoms with E-state index < -0.39 is 34.7 Å². The minimum atomic E-state index is -4.23. The quantitative estimate of drug-likeness (QED) is 0.429. The second-order valence-electron chi connectivity index (χ2n) is 7.07. The van der Waals surface area contributed by atoms with E-state index in [4.69, 9.17) is 12.3 Å². The first kappa shape index (κ1) is 22.3. The Morgan fingerprint density at radius 3 is 1.48 bits per heavy atom. The highest BCUT2D eigenvalue weighted by Crippen LogP contribution is 2.20. The van der Waals surface area contributed by atoms with Crippen molar-refractivity contribution < 1.29 is 31.5 Å². The Balaban J connectivity index is 2.30. The Hall–Kier alpha value is -0.972. The number of hydrogen-bond donors (Lipinski definition) is 4. The fraction of sp³-hybridized carbons (Fsp3) is 0.250. The number of hydrogen-bond acceptors (Lipinski definition) is 7. The first-order chi connectivity index (χ1) is 12.3. The summed E-state index contributed by atoms with van der Waals surface area (Å²) < 4.78 is 17.2. The van der Waals surface area contributed by atoms with Crippen LogP contribution in [0.4, 0.5) is 0 Å². The lowest BCUT2D eigenvalue weighted by atomic mass is 10.4. The Kier molecular flexibility index (Phi) is 6.76. The summed E-state index contributed by atoms with van der Waals surface area (Å²) in [4.78, 5) is 42.4. The van der Waals surface area contributed by atoms with Crippen LogP contribution in [0, 0.1) is 0 Å². The molecule has 0 aliphatic heterocycles. The number of benzene rings is 2. The predicted octanol–water partition coefficient (Wildman–Crippen LogP) is 0.101. The van der Waals surface area contributed by atoms with Crippen LogP contribution >= 0.6 is 0 Å². The molecule has 1 unspecified atom stereocenters. The summed E-state index contributed by atoms with van der Waals surface area (Å²) in [5.41, 5.74) is 0. The smallest absolute Gasteiger partial charge is 0.411 e. The molecule has 1 atom stereocenters. The van der Waals surface area contributed by atoms with E-state index in [0.29, 0.717) is 5.19 Å². The lowest BCUT2D eigenvalue weighted by molar-refractivity contribution is 0.189. The van der Waals surface area contributed by atoms with Gasteiger partial charge >= 0.3 is 34.7 Å². The maximum atomic E-state index is 11.2. The van der Waals surface area contributed by atoms with Crippen LogP contribution < -0.4 is 10.4 Å². The molecule has 2 aromatic rings. The molecule has 27 heavy (non-hydrogen) atoms. The van der Waals surface area contributed by atoms with Gasteiger partial charge in [0.1, 0.15) is 0 Å². The van der Waals surface area contributed by atoms with Crippen LogP contribution in [0.2, 0.25) is 26.2 Å². The second-order valence-corrected chi connectivity index (χ2v) is 18.8. The molecule has 0 heterocycles. The van der Waals surface area contributed by atoms with Gasteiger partial charge in [-0.3, -0.25) is 0 Å². The zero-order chi connectivity index (χ0) is 20.3. The molecule has 2 rings (SSSR count). The first-order valence-electron chi connectivity index (χ1n) is 8.44. The molecular weight excluding hydrogens is 417 g/mol. The third kappa shape index (κ3) is 6.55. The minimum Gasteiger partial charge on any atom is -0.411 e. The molecule has 0 aliphatic carbocycles. The Labute approximate surface area is 163 Å². The van der Waals surface area contributed by atoms with Gasteiger partial charge in [0.15, 0.2) is 0 Å². The van der Waals surface area contributed by atoms with Crippen molar-refractivity contribution in [3.05, 3.63) is 60.7 Å². The van der Waals surface area contributed by atoms with Crippen LogP contribution in [0.15, 0.2) is 60.7 Å². The molecule has 4 N–H and O–H groups in total. The average Bonchev–Trinajstić information content (AvgIpc) is 2.53. The molecule has 0 saturated heterocycles. The van der Waals surface area contributed by atoms with Gasteiger partial charge in [0.05, 0.1) is 0 Å². The van der Waals surface area contributed by atoms with E-state index in [1.165, 1.54) is 13.1 Å². The molecule has 2 aromatic carbocycles. The van der Waals surface area contributed by atoms with Gasteiger partial charge in [-0.25, -0.2) is 0 Å². The van der Waals surface area contributed by atoms with Gasteiger partial charge in [0.2, 0.25) is 0 Å². The highest BCUT2D eigenvalue weighted by atomic mass is 28.5. The summed E-state index contributed by atoms with van der Waals surface area (Å²) >= 11 is 0. The monoisotopic (exact) mass is 442 g/mol. The van der Waals surface area contributed by atoms with Gasteiger partial charge in [0.25, 0.3) is 0 Å². The largest absolute Gasteiger partial charge is 0.522 e. The lowest BCUT2D eigenvalue weighted by Gasteiger charge is -2.37. The van der Waals surface area contributed by atoms with E-state index >= 15 is 0 Å². The summed E-state index contributed by atoms with van der Waals surface area (Å²) in [5.74, 6) is 0. The third-order valence-electron chi connectivity index (χ3n) is 3.45. The summed E-state index contributed by atoms with van der Waals surface area (Å²) in [6, 6.07) is 16.8. The highest BCUT2D eigenvalue weighted by Gasteiger charge is 2.53. The fourth-order valence-electron chi connectivity index (χ4n) is 2.54. The van der Waals surface area contributed by atoms with Crippen molar-refractivity contribution in [3.8, 4) is 0 Å². The van der Waals surface area contributed by atoms with Crippen molar-refractivity contribution in [2.24, 2.45) is 0 Å². The molecule has 0 bridgehead atoms. The van der Waals surface area contributed by atoms with Crippen molar-refractivity contribution in [2.45, 2.75) is 26.2 Å². The Morgan fingerprint density at radius 2 is 1.04 bits per heavy atom. The average molecular weight is 443 g/mol. The van der Waals surface area contributed by atoms with Crippen molar-refractivity contribution in [2.75, 3.05) is 0 Å². The Bertz CT molecular complexity index is 737. The second kappa shape index (κ2) is 8.18. The van der Waals surface area contributed by atoms with Gasteiger partial charge in [0, 0.05) is 10.4 Å². The highest BCUT2D eigenvalue weighted by molar-refractivity contribution is 6.91. The lowest BCUT2D eigenvalue weighted by Crippen LogP contribution is -2.67. The van der Waals surface area contributed by atoms with Gasteiger partial charge < -0.3 is 31.5 Å². The van der Waals surface area contributed by atoms with E-state index in [1.54, 1.807) is 73.8 Å². The molecule has 7 nitrogen and oxygen atoms in total. The van der Waals surface area contributed by atoms with E-state index in [9.17, 15) is 19.2 Å². The Morgan fingerprint density at radius 1 is 0.593 bits per heavy atom. The predicted molar refractivity (Wildman–Crippen MR) is 111 cm³/mol. The van der Waals surface area contributed by atoms with Crippen LogP contribution in [0.3, 0.4) is 0 Å². The maximum absolute atomic E-state index is 11.2. The zero-order valence-electron chi connectivity index (χ0n) is 15.8. The molecule has 0 amide bonds. The molecule has 0 fully saturated rings.